The highest BCUT2D eigenvalue weighted by Gasteiger charge is 2.15. The van der Waals surface area contributed by atoms with Crippen LogP contribution in [0.1, 0.15) is 36.6 Å². The Balaban J connectivity index is 2.12. The summed E-state index contributed by atoms with van der Waals surface area (Å²) in [7, 11) is 0. The fourth-order valence-corrected chi connectivity index (χ4v) is 2.84. The van der Waals surface area contributed by atoms with E-state index >= 15 is 0 Å². The van der Waals surface area contributed by atoms with Crippen LogP contribution in [-0.4, -0.2) is 0 Å². The Labute approximate surface area is 137 Å². The maximum Gasteiger partial charge on any atom is 0.0408 e. The summed E-state index contributed by atoms with van der Waals surface area (Å²) in [6.07, 6.45) is 0. The fourth-order valence-electron chi connectivity index (χ4n) is 2.49. The summed E-state index contributed by atoms with van der Waals surface area (Å²) in [6.45, 7) is 7.37. The third-order valence-corrected chi connectivity index (χ3v) is 4.20. The number of aryl methyl sites for hydroxylation is 1. The molecule has 1 N–H and O–H groups in total. The molecular formula is C18H21Cl2N. The van der Waals surface area contributed by atoms with E-state index in [0.717, 1.165) is 16.6 Å². The van der Waals surface area contributed by atoms with Gasteiger partial charge in [0.15, 0.2) is 0 Å². The van der Waals surface area contributed by atoms with Gasteiger partial charge in [0.1, 0.15) is 0 Å². The summed E-state index contributed by atoms with van der Waals surface area (Å²) in [6, 6.07) is 14.4. The molecule has 1 unspecified atom stereocenters. The monoisotopic (exact) mass is 321 g/mol. The Morgan fingerprint density at radius 1 is 0.952 bits per heavy atom. The number of hydrogen-bond acceptors (Lipinski definition) is 1. The van der Waals surface area contributed by atoms with Crippen LogP contribution in [0.4, 0.5) is 0 Å². The van der Waals surface area contributed by atoms with Crippen molar-refractivity contribution in [3.63, 3.8) is 0 Å². The van der Waals surface area contributed by atoms with Crippen LogP contribution in [0.15, 0.2) is 42.5 Å². The lowest BCUT2D eigenvalue weighted by Gasteiger charge is -2.23. The SMILES string of the molecule is Cc1cc(Cl)ccc1CNC(c1ccc(Cl)cc1)C(C)C. The summed E-state index contributed by atoms with van der Waals surface area (Å²) < 4.78 is 0. The Hall–Kier alpha value is -1.02. The first kappa shape index (κ1) is 16.4. The van der Waals surface area contributed by atoms with E-state index in [0.29, 0.717) is 12.0 Å². The van der Waals surface area contributed by atoms with E-state index in [9.17, 15) is 0 Å². The number of halogens is 2. The standard InChI is InChI=1S/C18H21Cl2N/c1-12(2)18(14-4-7-16(19)8-5-14)21-11-15-6-9-17(20)10-13(15)3/h4-10,12,18,21H,11H2,1-3H3. The Kier molecular flexibility index (Phi) is 5.69. The number of nitrogens with one attached hydrogen (secondary N) is 1. The van der Waals surface area contributed by atoms with Crippen LogP contribution in [-0.2, 0) is 6.54 Å². The van der Waals surface area contributed by atoms with Gasteiger partial charge in [0.05, 0.1) is 0 Å². The predicted octanol–water partition coefficient (Wildman–Crippen LogP) is 5.79. The van der Waals surface area contributed by atoms with Gasteiger partial charge in [0.25, 0.3) is 0 Å². The van der Waals surface area contributed by atoms with E-state index in [4.69, 9.17) is 23.2 Å². The van der Waals surface area contributed by atoms with Crippen molar-refractivity contribution < 1.29 is 0 Å². The quantitative estimate of drug-likeness (QED) is 0.735. The van der Waals surface area contributed by atoms with Crippen molar-refractivity contribution in [1.29, 1.82) is 0 Å². The first-order valence-corrected chi connectivity index (χ1v) is 7.97. The van der Waals surface area contributed by atoms with Crippen molar-refractivity contribution in [2.75, 3.05) is 0 Å². The summed E-state index contributed by atoms with van der Waals surface area (Å²) in [5.41, 5.74) is 3.76. The second kappa shape index (κ2) is 7.31. The molecule has 0 aliphatic carbocycles. The van der Waals surface area contributed by atoms with E-state index in [-0.39, 0.29) is 0 Å². The number of hydrogen-bond donors (Lipinski definition) is 1. The highest BCUT2D eigenvalue weighted by Crippen LogP contribution is 2.24. The van der Waals surface area contributed by atoms with Crippen molar-refractivity contribution >= 4 is 23.2 Å². The molecule has 2 aromatic carbocycles. The van der Waals surface area contributed by atoms with Gasteiger partial charge in [-0.15, -0.1) is 0 Å². The molecule has 112 valence electrons. The number of benzene rings is 2. The van der Waals surface area contributed by atoms with Crippen LogP contribution in [0.3, 0.4) is 0 Å². The van der Waals surface area contributed by atoms with Gasteiger partial charge < -0.3 is 5.32 Å². The fraction of sp³-hybridized carbons (Fsp3) is 0.333. The van der Waals surface area contributed by atoms with Crippen molar-refractivity contribution in [3.8, 4) is 0 Å². The first-order chi connectivity index (χ1) is 9.97. The highest BCUT2D eigenvalue weighted by molar-refractivity contribution is 6.30. The topological polar surface area (TPSA) is 12.0 Å². The Morgan fingerprint density at radius 2 is 1.57 bits per heavy atom. The minimum atomic E-state index is 0.303. The van der Waals surface area contributed by atoms with Gasteiger partial charge in [-0.25, -0.2) is 0 Å². The molecule has 3 heteroatoms. The molecule has 0 saturated carbocycles. The molecule has 0 aromatic heterocycles. The zero-order valence-electron chi connectivity index (χ0n) is 12.7. The van der Waals surface area contributed by atoms with Crippen LogP contribution in [0.2, 0.25) is 10.0 Å². The summed E-state index contributed by atoms with van der Waals surface area (Å²) in [5.74, 6) is 0.499. The molecule has 0 saturated heterocycles. The average Bonchev–Trinajstić information content (AvgIpc) is 2.42. The van der Waals surface area contributed by atoms with Gasteiger partial charge in [-0.3, -0.25) is 0 Å². The molecule has 0 radical (unpaired) electrons. The Bertz CT molecular complexity index is 591. The molecule has 0 spiro atoms. The molecule has 0 amide bonds. The van der Waals surface area contributed by atoms with Gasteiger partial charge >= 0.3 is 0 Å². The lowest BCUT2D eigenvalue weighted by molar-refractivity contribution is 0.410. The molecule has 1 atom stereocenters. The second-order valence-electron chi connectivity index (χ2n) is 5.72. The summed E-state index contributed by atoms with van der Waals surface area (Å²) in [4.78, 5) is 0. The minimum absolute atomic E-state index is 0.303. The van der Waals surface area contributed by atoms with Crippen LogP contribution in [0, 0.1) is 12.8 Å². The molecule has 2 rings (SSSR count). The molecule has 0 aliphatic rings. The van der Waals surface area contributed by atoms with E-state index in [2.05, 4.69) is 44.3 Å². The van der Waals surface area contributed by atoms with Crippen LogP contribution in [0.25, 0.3) is 0 Å². The lowest BCUT2D eigenvalue weighted by Crippen LogP contribution is -2.25. The maximum absolute atomic E-state index is 6.01. The van der Waals surface area contributed by atoms with Gasteiger partial charge in [0.2, 0.25) is 0 Å². The highest BCUT2D eigenvalue weighted by atomic mass is 35.5. The largest absolute Gasteiger partial charge is 0.306 e. The minimum Gasteiger partial charge on any atom is -0.306 e. The van der Waals surface area contributed by atoms with E-state index < -0.39 is 0 Å². The van der Waals surface area contributed by atoms with Crippen molar-refractivity contribution in [3.05, 3.63) is 69.2 Å². The van der Waals surface area contributed by atoms with Crippen molar-refractivity contribution in [2.24, 2.45) is 5.92 Å². The average molecular weight is 322 g/mol. The summed E-state index contributed by atoms with van der Waals surface area (Å²) >= 11 is 12.0. The third kappa shape index (κ3) is 4.47. The van der Waals surface area contributed by atoms with Crippen molar-refractivity contribution in [2.45, 2.75) is 33.4 Å². The van der Waals surface area contributed by atoms with E-state index in [1.165, 1.54) is 16.7 Å². The molecule has 0 bridgehead atoms. The molecule has 0 aliphatic heterocycles. The first-order valence-electron chi connectivity index (χ1n) is 7.21. The van der Waals surface area contributed by atoms with E-state index in [1.807, 2.05) is 24.3 Å². The van der Waals surface area contributed by atoms with Crippen molar-refractivity contribution in [1.82, 2.24) is 5.32 Å². The zero-order valence-corrected chi connectivity index (χ0v) is 14.2. The molecular weight excluding hydrogens is 301 g/mol. The van der Waals surface area contributed by atoms with E-state index in [1.54, 1.807) is 0 Å². The predicted molar refractivity (Wildman–Crippen MR) is 92.1 cm³/mol. The molecule has 0 fully saturated rings. The van der Waals surface area contributed by atoms with Crippen LogP contribution < -0.4 is 5.32 Å². The molecule has 0 heterocycles. The second-order valence-corrected chi connectivity index (χ2v) is 6.60. The Morgan fingerprint density at radius 3 is 2.14 bits per heavy atom. The summed E-state index contributed by atoms with van der Waals surface area (Å²) in [5, 5.41) is 5.20. The van der Waals surface area contributed by atoms with Gasteiger partial charge in [0, 0.05) is 22.6 Å². The van der Waals surface area contributed by atoms with Gasteiger partial charge in [-0.2, -0.15) is 0 Å². The molecule has 2 aromatic rings. The normalized spacial score (nSPS) is 12.7. The smallest absolute Gasteiger partial charge is 0.0408 e. The lowest BCUT2D eigenvalue weighted by atomic mass is 9.95. The zero-order chi connectivity index (χ0) is 15.4. The van der Waals surface area contributed by atoms with Crippen LogP contribution >= 0.6 is 23.2 Å². The van der Waals surface area contributed by atoms with Crippen LogP contribution in [0.5, 0.6) is 0 Å². The van der Waals surface area contributed by atoms with Gasteiger partial charge in [-0.05, 0) is 53.8 Å². The third-order valence-electron chi connectivity index (χ3n) is 3.71. The molecule has 1 nitrogen and oxygen atoms in total. The maximum atomic E-state index is 6.01. The van der Waals surface area contributed by atoms with Gasteiger partial charge in [-0.1, -0.05) is 55.2 Å². The number of rotatable bonds is 5. The molecule has 21 heavy (non-hydrogen) atoms.